The van der Waals surface area contributed by atoms with Crippen molar-refractivity contribution in [3.63, 3.8) is 0 Å². The fourth-order valence-corrected chi connectivity index (χ4v) is 3.36. The molecule has 3 rings (SSSR count). The van der Waals surface area contributed by atoms with Gasteiger partial charge in [0.15, 0.2) is 0 Å². The highest BCUT2D eigenvalue weighted by atomic mass is 16.3. The summed E-state index contributed by atoms with van der Waals surface area (Å²) in [4.78, 5) is 11.3. The van der Waals surface area contributed by atoms with E-state index in [4.69, 9.17) is 0 Å². The molecule has 1 saturated heterocycles. The van der Waals surface area contributed by atoms with Crippen molar-refractivity contribution in [1.29, 1.82) is 0 Å². The molecule has 1 unspecified atom stereocenters. The molecule has 24 heavy (non-hydrogen) atoms. The van der Waals surface area contributed by atoms with Crippen molar-refractivity contribution in [1.82, 2.24) is 14.9 Å². The molecule has 128 valence electrons. The van der Waals surface area contributed by atoms with Crippen molar-refractivity contribution in [2.75, 3.05) is 19.7 Å². The van der Waals surface area contributed by atoms with Crippen molar-refractivity contribution in [3.05, 3.63) is 41.3 Å². The lowest BCUT2D eigenvalue weighted by Crippen LogP contribution is -2.36. The van der Waals surface area contributed by atoms with Crippen molar-refractivity contribution >= 4 is 0 Å². The maximum Gasteiger partial charge on any atom is 0.120 e. The minimum absolute atomic E-state index is 0.237. The molecule has 1 aromatic heterocycles. The van der Waals surface area contributed by atoms with Crippen LogP contribution in [0.1, 0.15) is 29.8 Å². The maximum absolute atomic E-state index is 10.2. The molecule has 1 aromatic carbocycles. The number of phenolic OH excluding ortho intramolecular Hbond substituents is 1. The van der Waals surface area contributed by atoms with Gasteiger partial charge in [0.25, 0.3) is 0 Å². The van der Waals surface area contributed by atoms with Gasteiger partial charge in [-0.05, 0) is 57.4 Å². The molecule has 2 N–H and O–H groups in total. The number of phenols is 1. The first kappa shape index (κ1) is 16.9. The van der Waals surface area contributed by atoms with E-state index in [1.54, 1.807) is 12.3 Å². The first-order valence-electron chi connectivity index (χ1n) is 8.52. The molecule has 0 saturated carbocycles. The number of aromatic nitrogens is 2. The molecule has 1 fully saturated rings. The molecule has 0 radical (unpaired) electrons. The summed E-state index contributed by atoms with van der Waals surface area (Å²) in [6, 6.07) is 5.64. The highest BCUT2D eigenvalue weighted by molar-refractivity contribution is 5.64. The Hall–Kier alpha value is -1.98. The molecule has 0 spiro atoms. The molecule has 1 atom stereocenters. The molecule has 0 bridgehead atoms. The zero-order valence-electron chi connectivity index (χ0n) is 14.4. The fraction of sp³-hybridized carbons (Fsp3) is 0.474. The quantitative estimate of drug-likeness (QED) is 0.903. The van der Waals surface area contributed by atoms with Gasteiger partial charge in [-0.2, -0.15) is 0 Å². The number of aromatic hydroxyl groups is 1. The number of hydrogen-bond acceptors (Lipinski definition) is 5. The Bertz CT molecular complexity index is 718. The van der Waals surface area contributed by atoms with Crippen molar-refractivity contribution in [2.24, 2.45) is 5.92 Å². The number of aliphatic hydroxyl groups excluding tert-OH is 1. The number of benzene rings is 1. The third kappa shape index (κ3) is 3.74. The molecular formula is C19H25N3O2. The van der Waals surface area contributed by atoms with Gasteiger partial charge in [-0.25, -0.2) is 4.98 Å². The van der Waals surface area contributed by atoms with E-state index in [1.807, 2.05) is 26.0 Å². The van der Waals surface area contributed by atoms with Crippen LogP contribution in [0.2, 0.25) is 0 Å². The van der Waals surface area contributed by atoms with Gasteiger partial charge in [-0.3, -0.25) is 9.88 Å². The molecule has 1 aliphatic rings. The molecule has 0 aliphatic carbocycles. The predicted molar refractivity (Wildman–Crippen MR) is 93.7 cm³/mol. The van der Waals surface area contributed by atoms with E-state index in [1.165, 1.54) is 0 Å². The minimum Gasteiger partial charge on any atom is -0.508 e. The molecule has 0 amide bonds. The summed E-state index contributed by atoms with van der Waals surface area (Å²) in [5.41, 5.74) is 4.51. The summed E-state index contributed by atoms with van der Waals surface area (Å²) in [5, 5.41) is 19.6. The average molecular weight is 327 g/mol. The van der Waals surface area contributed by atoms with Gasteiger partial charge in [0, 0.05) is 37.0 Å². The van der Waals surface area contributed by atoms with Crippen molar-refractivity contribution < 1.29 is 10.2 Å². The maximum atomic E-state index is 10.2. The number of aryl methyl sites for hydroxylation is 2. The van der Waals surface area contributed by atoms with Crippen LogP contribution in [0.3, 0.4) is 0 Å². The van der Waals surface area contributed by atoms with E-state index >= 15 is 0 Å². The summed E-state index contributed by atoms with van der Waals surface area (Å²) in [7, 11) is 0. The largest absolute Gasteiger partial charge is 0.508 e. The van der Waals surface area contributed by atoms with Gasteiger partial charge in [-0.15, -0.1) is 0 Å². The second kappa shape index (κ2) is 7.28. The highest BCUT2D eigenvalue weighted by Gasteiger charge is 2.20. The number of likely N-dealkylation sites (tertiary alicyclic amines) is 1. The number of rotatable bonds is 4. The monoisotopic (exact) mass is 327 g/mol. The second-order valence-electron chi connectivity index (χ2n) is 6.71. The Morgan fingerprint density at radius 3 is 2.92 bits per heavy atom. The lowest BCUT2D eigenvalue weighted by Gasteiger charge is -2.32. The topological polar surface area (TPSA) is 69.5 Å². The third-order valence-corrected chi connectivity index (χ3v) is 4.68. The molecule has 5 nitrogen and oxygen atoms in total. The van der Waals surface area contributed by atoms with E-state index in [0.29, 0.717) is 18.2 Å². The first-order chi connectivity index (χ1) is 11.6. The van der Waals surface area contributed by atoms with E-state index < -0.39 is 0 Å². The summed E-state index contributed by atoms with van der Waals surface area (Å²) < 4.78 is 0. The highest BCUT2D eigenvalue weighted by Crippen LogP contribution is 2.28. The number of nitrogens with zero attached hydrogens (tertiary/aromatic N) is 3. The van der Waals surface area contributed by atoms with E-state index in [9.17, 15) is 10.2 Å². The van der Waals surface area contributed by atoms with Gasteiger partial charge in [0.1, 0.15) is 5.75 Å². The van der Waals surface area contributed by atoms with Gasteiger partial charge >= 0.3 is 0 Å². The van der Waals surface area contributed by atoms with Crippen LogP contribution in [0.25, 0.3) is 11.3 Å². The fourth-order valence-electron chi connectivity index (χ4n) is 3.36. The second-order valence-corrected chi connectivity index (χ2v) is 6.71. The normalized spacial score (nSPS) is 18.7. The van der Waals surface area contributed by atoms with Gasteiger partial charge in [0.2, 0.25) is 0 Å². The minimum atomic E-state index is 0.237. The summed E-state index contributed by atoms with van der Waals surface area (Å²) in [6.07, 6.45) is 3.94. The Morgan fingerprint density at radius 2 is 2.12 bits per heavy atom. The van der Waals surface area contributed by atoms with Crippen LogP contribution in [-0.4, -0.2) is 44.8 Å². The Labute approximate surface area is 143 Å². The zero-order valence-corrected chi connectivity index (χ0v) is 14.4. The van der Waals surface area contributed by atoms with Crippen LogP contribution < -0.4 is 0 Å². The Kier molecular flexibility index (Phi) is 5.11. The Morgan fingerprint density at radius 1 is 1.29 bits per heavy atom. The van der Waals surface area contributed by atoms with Crippen LogP contribution in [0.4, 0.5) is 0 Å². The van der Waals surface area contributed by atoms with Crippen LogP contribution in [0, 0.1) is 19.8 Å². The number of hydrogen-bond donors (Lipinski definition) is 2. The smallest absolute Gasteiger partial charge is 0.120 e. The summed E-state index contributed by atoms with van der Waals surface area (Å²) in [6.45, 7) is 6.69. The van der Waals surface area contributed by atoms with Gasteiger partial charge in [-0.1, -0.05) is 0 Å². The molecule has 2 heterocycles. The molecule has 1 aliphatic heterocycles. The van der Waals surface area contributed by atoms with E-state index in [2.05, 4.69) is 14.9 Å². The summed E-state index contributed by atoms with van der Waals surface area (Å²) >= 11 is 0. The number of aliphatic hydroxyl groups is 1. The van der Waals surface area contributed by atoms with Crippen molar-refractivity contribution in [3.8, 4) is 17.0 Å². The van der Waals surface area contributed by atoms with Crippen LogP contribution in [0.5, 0.6) is 5.75 Å². The first-order valence-corrected chi connectivity index (χ1v) is 8.52. The predicted octanol–water partition coefficient (Wildman–Crippen LogP) is 2.67. The SMILES string of the molecule is Cc1cnc(C)c(-c2ccc(O)c(CN3CCCC(CO)C3)c2)n1. The van der Waals surface area contributed by atoms with Crippen LogP contribution >= 0.6 is 0 Å². The standard InChI is InChI=1S/C19H25N3O2/c1-13-9-20-14(2)19(21-13)16-5-6-18(24)17(8-16)11-22-7-3-4-15(10-22)12-23/h5-6,8-9,15,23-24H,3-4,7,10-12H2,1-2H3. The Balaban J connectivity index is 1.85. The zero-order chi connectivity index (χ0) is 17.1. The van der Waals surface area contributed by atoms with Gasteiger partial charge in [0.05, 0.1) is 17.1 Å². The van der Waals surface area contributed by atoms with E-state index in [0.717, 1.165) is 54.1 Å². The van der Waals surface area contributed by atoms with Crippen molar-refractivity contribution in [2.45, 2.75) is 33.2 Å². The van der Waals surface area contributed by atoms with Crippen LogP contribution in [-0.2, 0) is 6.54 Å². The third-order valence-electron chi connectivity index (χ3n) is 4.68. The lowest BCUT2D eigenvalue weighted by molar-refractivity contribution is 0.115. The molecular weight excluding hydrogens is 302 g/mol. The van der Waals surface area contributed by atoms with E-state index in [-0.39, 0.29) is 6.61 Å². The lowest BCUT2D eigenvalue weighted by atomic mass is 9.98. The van der Waals surface area contributed by atoms with Crippen LogP contribution in [0.15, 0.2) is 24.4 Å². The molecule has 2 aromatic rings. The number of piperidine rings is 1. The summed E-state index contributed by atoms with van der Waals surface area (Å²) in [5.74, 6) is 0.650. The average Bonchev–Trinajstić information content (AvgIpc) is 2.59. The van der Waals surface area contributed by atoms with Gasteiger partial charge < -0.3 is 10.2 Å². The molecule has 5 heteroatoms.